The maximum Gasteiger partial charge on any atom is 0.416 e. The minimum absolute atomic E-state index is 0.00427. The van der Waals surface area contributed by atoms with Crippen LogP contribution < -0.4 is 17.0 Å². The number of hydrogen-bond acceptors (Lipinski definition) is 6. The Labute approximate surface area is 206 Å². The predicted molar refractivity (Wildman–Crippen MR) is 125 cm³/mol. The second-order valence-electron chi connectivity index (χ2n) is 7.89. The van der Waals surface area contributed by atoms with Crippen LogP contribution in [0.1, 0.15) is 34.4 Å². The summed E-state index contributed by atoms with van der Waals surface area (Å²) in [6.45, 7) is 2.75. The minimum Gasteiger partial charge on any atom is -0.363 e. The number of nitrogens with zero attached hydrogens (tertiary/aromatic N) is 6. The molecular formula is C24H18F3N7O3. The lowest BCUT2D eigenvalue weighted by molar-refractivity contribution is -0.137. The van der Waals surface area contributed by atoms with Crippen molar-refractivity contribution in [1.29, 1.82) is 5.26 Å². The van der Waals surface area contributed by atoms with E-state index in [-0.39, 0.29) is 29.4 Å². The van der Waals surface area contributed by atoms with Crippen LogP contribution in [0.3, 0.4) is 0 Å². The third-order valence-corrected chi connectivity index (χ3v) is 5.68. The third kappa shape index (κ3) is 4.29. The highest BCUT2D eigenvalue weighted by atomic mass is 19.4. The van der Waals surface area contributed by atoms with Crippen LogP contribution in [0.25, 0.3) is 22.8 Å². The molecule has 10 nitrogen and oxygen atoms in total. The monoisotopic (exact) mass is 509 g/mol. The Balaban J connectivity index is 2.11. The second-order valence-corrected chi connectivity index (χ2v) is 7.89. The first-order valence-corrected chi connectivity index (χ1v) is 10.8. The van der Waals surface area contributed by atoms with Gasteiger partial charge in [0.15, 0.2) is 5.82 Å². The molecule has 0 aliphatic heterocycles. The molecule has 0 unspecified atom stereocenters. The van der Waals surface area contributed by atoms with Crippen molar-refractivity contribution in [2.75, 3.05) is 0 Å². The predicted octanol–water partition coefficient (Wildman–Crippen LogP) is 2.56. The lowest BCUT2D eigenvalue weighted by Crippen LogP contribution is -2.42. The summed E-state index contributed by atoms with van der Waals surface area (Å²) in [6.07, 6.45) is -4.67. The summed E-state index contributed by atoms with van der Waals surface area (Å²) < 4.78 is 43.0. The van der Waals surface area contributed by atoms with E-state index in [4.69, 9.17) is 11.0 Å². The van der Waals surface area contributed by atoms with Gasteiger partial charge in [0.25, 0.3) is 11.5 Å². The summed E-state index contributed by atoms with van der Waals surface area (Å²) >= 11 is 0. The first-order chi connectivity index (χ1) is 17.5. The van der Waals surface area contributed by atoms with Gasteiger partial charge in [0.05, 0.1) is 28.6 Å². The van der Waals surface area contributed by atoms with Crippen molar-refractivity contribution in [3.05, 3.63) is 92.0 Å². The van der Waals surface area contributed by atoms with Crippen LogP contribution in [0.4, 0.5) is 13.2 Å². The average Bonchev–Trinajstić information content (AvgIpc) is 3.29. The summed E-state index contributed by atoms with van der Waals surface area (Å²) in [7, 11) is 0. The van der Waals surface area contributed by atoms with Gasteiger partial charge in [-0.3, -0.25) is 23.3 Å². The van der Waals surface area contributed by atoms with E-state index in [2.05, 4.69) is 10.2 Å². The van der Waals surface area contributed by atoms with Crippen LogP contribution in [-0.2, 0) is 12.7 Å². The van der Waals surface area contributed by atoms with Gasteiger partial charge in [0, 0.05) is 12.1 Å². The maximum atomic E-state index is 13.5. The van der Waals surface area contributed by atoms with Crippen LogP contribution in [0, 0.1) is 18.3 Å². The molecule has 2 heterocycles. The summed E-state index contributed by atoms with van der Waals surface area (Å²) in [5.41, 5.74) is 3.03. The van der Waals surface area contributed by atoms with E-state index in [1.54, 1.807) is 0 Å². The zero-order valence-electron chi connectivity index (χ0n) is 19.4. The fourth-order valence-corrected chi connectivity index (χ4v) is 3.94. The van der Waals surface area contributed by atoms with E-state index in [9.17, 15) is 27.6 Å². The number of benzene rings is 2. The number of nitrogens with two attached hydrogens (primary N) is 1. The van der Waals surface area contributed by atoms with Gasteiger partial charge in [-0.15, -0.1) is 10.2 Å². The molecule has 2 aromatic heterocycles. The summed E-state index contributed by atoms with van der Waals surface area (Å²) in [5, 5.41) is 16.9. The topological polar surface area (TPSA) is 142 Å². The Morgan fingerprint density at radius 3 is 2.32 bits per heavy atom. The number of rotatable bonds is 5. The van der Waals surface area contributed by atoms with Crippen molar-refractivity contribution < 1.29 is 18.0 Å². The Morgan fingerprint density at radius 2 is 1.76 bits per heavy atom. The SMILES string of the molecule is CCn1c(=O)c(-n2c(C(N)=O)nnc2-c2ccc(C#N)cc2)c(C)n(-c2cccc(C(F)(F)F)c2)c1=O. The number of alkyl halides is 3. The molecule has 37 heavy (non-hydrogen) atoms. The van der Waals surface area contributed by atoms with Crippen molar-refractivity contribution >= 4 is 5.91 Å². The van der Waals surface area contributed by atoms with Crippen LogP contribution >= 0.6 is 0 Å². The molecule has 0 atom stereocenters. The van der Waals surface area contributed by atoms with Gasteiger partial charge in [-0.1, -0.05) is 6.07 Å². The molecule has 0 aliphatic carbocycles. The zero-order valence-corrected chi connectivity index (χ0v) is 19.4. The van der Waals surface area contributed by atoms with Crippen molar-refractivity contribution in [3.8, 4) is 28.8 Å². The first kappa shape index (κ1) is 25.1. The molecule has 0 saturated heterocycles. The number of carbonyl (C=O) groups is 1. The molecule has 0 saturated carbocycles. The fourth-order valence-electron chi connectivity index (χ4n) is 3.94. The molecule has 0 fully saturated rings. The molecular weight excluding hydrogens is 491 g/mol. The second kappa shape index (κ2) is 9.23. The molecule has 4 aromatic rings. The molecule has 2 aromatic carbocycles. The number of primary amides is 1. The molecule has 2 N–H and O–H groups in total. The third-order valence-electron chi connectivity index (χ3n) is 5.68. The zero-order chi connectivity index (χ0) is 27.1. The molecule has 0 radical (unpaired) electrons. The van der Waals surface area contributed by atoms with Gasteiger partial charge in [-0.2, -0.15) is 18.4 Å². The fraction of sp³-hybridized carbons (Fsp3) is 0.167. The standard InChI is InChI=1S/C24H18F3N7O3/c1-3-32-22(36)18(13(2)33(23(32)37)17-6-4-5-16(11-17)24(25,26)27)34-20(30-31-21(34)19(29)35)15-9-7-14(12-28)8-10-15/h4-11H,3H2,1-2H3,(H2,29,35). The Hall–Kier alpha value is -4.99. The van der Waals surface area contributed by atoms with E-state index in [1.165, 1.54) is 44.2 Å². The first-order valence-electron chi connectivity index (χ1n) is 10.8. The Morgan fingerprint density at radius 1 is 1.08 bits per heavy atom. The average molecular weight is 509 g/mol. The van der Waals surface area contributed by atoms with Crippen LogP contribution in [-0.4, -0.2) is 29.8 Å². The molecule has 0 aliphatic rings. The minimum atomic E-state index is -4.67. The highest BCUT2D eigenvalue weighted by Crippen LogP contribution is 2.31. The van der Waals surface area contributed by atoms with E-state index in [0.717, 1.165) is 31.9 Å². The maximum absolute atomic E-state index is 13.5. The molecule has 1 amide bonds. The van der Waals surface area contributed by atoms with Gasteiger partial charge in [-0.25, -0.2) is 4.79 Å². The Kier molecular flexibility index (Phi) is 6.26. The number of halogens is 3. The molecule has 0 bridgehead atoms. The van der Waals surface area contributed by atoms with Gasteiger partial charge in [0.2, 0.25) is 5.82 Å². The number of carbonyl (C=O) groups excluding carboxylic acids is 1. The van der Waals surface area contributed by atoms with Crippen molar-refractivity contribution in [2.45, 2.75) is 26.6 Å². The van der Waals surface area contributed by atoms with E-state index in [1.807, 2.05) is 6.07 Å². The van der Waals surface area contributed by atoms with E-state index < -0.39 is 34.7 Å². The Bertz CT molecular complexity index is 1690. The lowest BCUT2D eigenvalue weighted by Gasteiger charge is -2.19. The summed E-state index contributed by atoms with van der Waals surface area (Å²) in [4.78, 5) is 39.0. The van der Waals surface area contributed by atoms with Crippen LogP contribution in [0.5, 0.6) is 0 Å². The van der Waals surface area contributed by atoms with Crippen LogP contribution in [0.2, 0.25) is 0 Å². The van der Waals surface area contributed by atoms with E-state index >= 15 is 0 Å². The molecule has 13 heteroatoms. The normalized spacial score (nSPS) is 11.4. The summed E-state index contributed by atoms with van der Waals surface area (Å²) in [6, 6.07) is 12.0. The largest absolute Gasteiger partial charge is 0.416 e. The summed E-state index contributed by atoms with van der Waals surface area (Å²) in [5.74, 6) is -1.47. The van der Waals surface area contributed by atoms with Gasteiger partial charge in [0.1, 0.15) is 5.69 Å². The molecule has 188 valence electrons. The van der Waals surface area contributed by atoms with Gasteiger partial charge < -0.3 is 5.73 Å². The van der Waals surface area contributed by atoms with Crippen LogP contribution in [0.15, 0.2) is 58.1 Å². The van der Waals surface area contributed by atoms with E-state index in [0.29, 0.717) is 11.1 Å². The quantitative estimate of drug-likeness (QED) is 0.438. The number of amides is 1. The highest BCUT2D eigenvalue weighted by molar-refractivity contribution is 5.90. The van der Waals surface area contributed by atoms with Gasteiger partial charge >= 0.3 is 11.9 Å². The number of aromatic nitrogens is 5. The number of nitriles is 1. The van der Waals surface area contributed by atoms with Crippen molar-refractivity contribution in [2.24, 2.45) is 5.73 Å². The smallest absolute Gasteiger partial charge is 0.363 e. The highest BCUT2D eigenvalue weighted by Gasteiger charge is 2.31. The van der Waals surface area contributed by atoms with Crippen molar-refractivity contribution in [1.82, 2.24) is 23.9 Å². The number of hydrogen-bond donors (Lipinski definition) is 1. The van der Waals surface area contributed by atoms with Gasteiger partial charge in [-0.05, 0) is 56.3 Å². The van der Waals surface area contributed by atoms with Crippen molar-refractivity contribution in [3.63, 3.8) is 0 Å². The lowest BCUT2D eigenvalue weighted by atomic mass is 10.1. The molecule has 4 rings (SSSR count). The molecule has 0 spiro atoms.